The van der Waals surface area contributed by atoms with Crippen LogP contribution in [-0.2, 0) is 16.8 Å². The quantitative estimate of drug-likeness (QED) is 0.532. The molecule has 1 aromatic heterocycles. The Labute approximate surface area is 188 Å². The third-order valence-electron chi connectivity index (χ3n) is 4.94. The van der Waals surface area contributed by atoms with Crippen molar-refractivity contribution in [3.8, 4) is 5.75 Å². The van der Waals surface area contributed by atoms with E-state index < -0.39 is 5.91 Å². The lowest BCUT2D eigenvalue weighted by Crippen LogP contribution is -2.34. The standard InChI is InChI=1S/C26H28N2O4/c1-26(2,3)20-11-9-19(10-12-20)24(29)28-23(16-18-7-13-21(31-4)14-8-18)25(30)27-17-22-6-5-15-32-22/h5-16H,17H2,1-4H3,(H,27,30)(H,28,29). The first-order chi connectivity index (χ1) is 15.3. The minimum Gasteiger partial charge on any atom is -0.497 e. The van der Waals surface area contributed by atoms with Crippen molar-refractivity contribution in [2.45, 2.75) is 32.7 Å². The molecule has 32 heavy (non-hydrogen) atoms. The van der Waals surface area contributed by atoms with Crippen LogP contribution in [0.2, 0.25) is 0 Å². The molecule has 166 valence electrons. The summed E-state index contributed by atoms with van der Waals surface area (Å²) in [5.74, 6) is 0.537. The second-order valence-corrected chi connectivity index (χ2v) is 8.37. The van der Waals surface area contributed by atoms with Crippen LogP contribution in [0.15, 0.2) is 77.0 Å². The third kappa shape index (κ3) is 6.11. The second-order valence-electron chi connectivity index (χ2n) is 8.37. The SMILES string of the molecule is COc1ccc(C=C(NC(=O)c2ccc(C(C)(C)C)cc2)C(=O)NCc2ccco2)cc1. The largest absolute Gasteiger partial charge is 0.497 e. The van der Waals surface area contributed by atoms with Gasteiger partial charge >= 0.3 is 0 Å². The summed E-state index contributed by atoms with van der Waals surface area (Å²) >= 11 is 0. The Bertz CT molecular complexity index is 1070. The molecule has 6 heteroatoms. The van der Waals surface area contributed by atoms with Gasteiger partial charge in [-0.3, -0.25) is 9.59 Å². The smallest absolute Gasteiger partial charge is 0.268 e. The highest BCUT2D eigenvalue weighted by Gasteiger charge is 2.17. The number of carbonyl (C=O) groups is 2. The van der Waals surface area contributed by atoms with Crippen molar-refractivity contribution in [1.29, 1.82) is 0 Å². The number of furan rings is 1. The van der Waals surface area contributed by atoms with Crippen molar-refractivity contribution in [1.82, 2.24) is 10.6 Å². The first kappa shape index (κ1) is 22.9. The fourth-order valence-electron chi connectivity index (χ4n) is 3.02. The van der Waals surface area contributed by atoms with E-state index in [-0.39, 0.29) is 23.6 Å². The molecule has 1 heterocycles. The summed E-state index contributed by atoms with van der Waals surface area (Å²) in [6.45, 7) is 6.55. The normalized spacial score (nSPS) is 11.7. The first-order valence-electron chi connectivity index (χ1n) is 10.3. The fourth-order valence-corrected chi connectivity index (χ4v) is 3.02. The summed E-state index contributed by atoms with van der Waals surface area (Å²) in [6.07, 6.45) is 3.16. The van der Waals surface area contributed by atoms with Gasteiger partial charge in [0.2, 0.25) is 0 Å². The molecule has 2 N–H and O–H groups in total. The number of hydrogen-bond donors (Lipinski definition) is 2. The van der Waals surface area contributed by atoms with Crippen LogP contribution in [0.3, 0.4) is 0 Å². The number of rotatable bonds is 7. The number of carbonyl (C=O) groups excluding carboxylic acids is 2. The molecule has 0 radical (unpaired) electrons. The molecule has 0 unspecified atom stereocenters. The number of hydrogen-bond acceptors (Lipinski definition) is 4. The van der Waals surface area contributed by atoms with Gasteiger partial charge in [-0.05, 0) is 59.0 Å². The molecule has 3 rings (SSSR count). The Morgan fingerprint density at radius 3 is 2.25 bits per heavy atom. The van der Waals surface area contributed by atoms with Gasteiger partial charge < -0.3 is 19.8 Å². The third-order valence-corrected chi connectivity index (χ3v) is 4.94. The zero-order chi connectivity index (χ0) is 23.1. The molecule has 0 spiro atoms. The highest BCUT2D eigenvalue weighted by molar-refractivity contribution is 6.05. The Hall–Kier alpha value is -3.80. The van der Waals surface area contributed by atoms with Crippen molar-refractivity contribution < 1.29 is 18.7 Å². The van der Waals surface area contributed by atoms with E-state index in [1.807, 2.05) is 24.3 Å². The lowest BCUT2D eigenvalue weighted by atomic mass is 9.87. The van der Waals surface area contributed by atoms with E-state index in [0.29, 0.717) is 17.1 Å². The fraction of sp³-hybridized carbons (Fsp3) is 0.231. The van der Waals surface area contributed by atoms with Crippen LogP contribution in [0, 0.1) is 0 Å². The number of methoxy groups -OCH3 is 1. The molecule has 3 aromatic rings. The average molecular weight is 433 g/mol. The van der Waals surface area contributed by atoms with Crippen LogP contribution >= 0.6 is 0 Å². The van der Waals surface area contributed by atoms with Gasteiger partial charge in [0.15, 0.2) is 0 Å². The summed E-state index contributed by atoms with van der Waals surface area (Å²) in [5.41, 5.74) is 2.46. The van der Waals surface area contributed by atoms with Gasteiger partial charge in [-0.15, -0.1) is 0 Å². The predicted molar refractivity (Wildman–Crippen MR) is 124 cm³/mol. The highest BCUT2D eigenvalue weighted by Crippen LogP contribution is 2.22. The molecule has 0 atom stereocenters. The van der Waals surface area contributed by atoms with Crippen LogP contribution in [0.1, 0.15) is 48.0 Å². The lowest BCUT2D eigenvalue weighted by Gasteiger charge is -2.19. The van der Waals surface area contributed by atoms with E-state index in [0.717, 1.165) is 11.1 Å². The lowest BCUT2D eigenvalue weighted by molar-refractivity contribution is -0.118. The Morgan fingerprint density at radius 1 is 1.00 bits per heavy atom. The number of amides is 2. The number of benzene rings is 2. The summed E-state index contributed by atoms with van der Waals surface area (Å²) in [7, 11) is 1.59. The zero-order valence-corrected chi connectivity index (χ0v) is 18.8. The van der Waals surface area contributed by atoms with Gasteiger partial charge in [-0.2, -0.15) is 0 Å². The second kappa shape index (κ2) is 10.0. The van der Waals surface area contributed by atoms with Crippen molar-refractivity contribution >= 4 is 17.9 Å². The maximum Gasteiger partial charge on any atom is 0.268 e. The number of ether oxygens (including phenoxy) is 1. The van der Waals surface area contributed by atoms with Crippen LogP contribution in [0.4, 0.5) is 0 Å². The minimum atomic E-state index is -0.420. The Kier molecular flexibility index (Phi) is 7.15. The Morgan fingerprint density at radius 2 is 1.69 bits per heavy atom. The van der Waals surface area contributed by atoms with E-state index in [1.165, 1.54) is 0 Å². The summed E-state index contributed by atoms with van der Waals surface area (Å²) in [6, 6.07) is 18.1. The van der Waals surface area contributed by atoms with E-state index in [2.05, 4.69) is 31.4 Å². The zero-order valence-electron chi connectivity index (χ0n) is 18.8. The van der Waals surface area contributed by atoms with Crippen molar-refractivity contribution in [2.24, 2.45) is 0 Å². The van der Waals surface area contributed by atoms with Crippen LogP contribution in [0.25, 0.3) is 6.08 Å². The molecule has 0 fully saturated rings. The van der Waals surface area contributed by atoms with Gasteiger partial charge in [0.25, 0.3) is 11.8 Å². The van der Waals surface area contributed by atoms with Crippen molar-refractivity contribution in [3.05, 3.63) is 95.1 Å². The molecule has 6 nitrogen and oxygen atoms in total. The van der Waals surface area contributed by atoms with E-state index in [9.17, 15) is 9.59 Å². The Balaban J connectivity index is 1.81. The van der Waals surface area contributed by atoms with Gasteiger partial charge in [-0.25, -0.2) is 0 Å². The molecule has 0 aliphatic rings. The van der Waals surface area contributed by atoms with Crippen LogP contribution < -0.4 is 15.4 Å². The van der Waals surface area contributed by atoms with Gasteiger partial charge in [0, 0.05) is 5.56 Å². The molecule has 0 aliphatic heterocycles. The predicted octanol–water partition coefficient (Wildman–Crippen LogP) is 4.67. The van der Waals surface area contributed by atoms with E-state index in [1.54, 1.807) is 55.8 Å². The van der Waals surface area contributed by atoms with Crippen LogP contribution in [0.5, 0.6) is 5.75 Å². The highest BCUT2D eigenvalue weighted by atomic mass is 16.5. The van der Waals surface area contributed by atoms with Gasteiger partial charge in [0.1, 0.15) is 17.2 Å². The maximum absolute atomic E-state index is 12.9. The topological polar surface area (TPSA) is 80.6 Å². The summed E-state index contributed by atoms with van der Waals surface area (Å²) in [4.78, 5) is 25.7. The van der Waals surface area contributed by atoms with E-state index >= 15 is 0 Å². The van der Waals surface area contributed by atoms with E-state index in [4.69, 9.17) is 9.15 Å². The van der Waals surface area contributed by atoms with Gasteiger partial charge in [-0.1, -0.05) is 45.0 Å². The maximum atomic E-state index is 12.9. The molecule has 0 bridgehead atoms. The van der Waals surface area contributed by atoms with Gasteiger partial charge in [0.05, 0.1) is 19.9 Å². The first-order valence-corrected chi connectivity index (χ1v) is 10.3. The number of nitrogens with one attached hydrogen (secondary N) is 2. The molecule has 0 saturated heterocycles. The average Bonchev–Trinajstić information content (AvgIpc) is 3.30. The van der Waals surface area contributed by atoms with Crippen molar-refractivity contribution in [3.63, 3.8) is 0 Å². The molecular weight excluding hydrogens is 404 g/mol. The molecule has 2 amide bonds. The monoisotopic (exact) mass is 432 g/mol. The molecule has 0 aliphatic carbocycles. The molecule has 0 saturated carbocycles. The summed E-state index contributed by atoms with van der Waals surface area (Å²) < 4.78 is 10.4. The molecular formula is C26H28N2O4. The molecule has 2 aromatic carbocycles. The van der Waals surface area contributed by atoms with Crippen LogP contribution in [-0.4, -0.2) is 18.9 Å². The minimum absolute atomic E-state index is 0.0137. The summed E-state index contributed by atoms with van der Waals surface area (Å²) in [5, 5.41) is 5.52. The van der Waals surface area contributed by atoms with Crippen molar-refractivity contribution in [2.75, 3.05) is 7.11 Å².